The second-order valence-corrected chi connectivity index (χ2v) is 11.8. The van der Waals surface area contributed by atoms with Crippen LogP contribution in [0.15, 0.2) is 164 Å². The smallest absolute Gasteiger partial charge is 0.160 e. The number of nitrogens with zero attached hydrogens (tertiary/aromatic N) is 2. The van der Waals surface area contributed by atoms with Gasteiger partial charge in [-0.1, -0.05) is 146 Å². The van der Waals surface area contributed by atoms with E-state index in [1.807, 2.05) is 18.2 Å². The topological polar surface area (TPSA) is 37.8 Å². The molecule has 2 heterocycles. The highest BCUT2D eigenvalue weighted by molar-refractivity contribution is 6.16. The Morgan fingerprint density at radius 3 is 1.87 bits per heavy atom. The van der Waals surface area contributed by atoms with E-state index in [1.54, 1.807) is 0 Å². The lowest BCUT2D eigenvalue weighted by Crippen LogP contribution is -2.16. The van der Waals surface area contributed by atoms with Crippen molar-refractivity contribution in [3.8, 4) is 22.6 Å². The molecule has 1 aliphatic heterocycles. The molecule has 1 aliphatic rings. The van der Waals surface area contributed by atoms with Crippen molar-refractivity contribution in [3.05, 3.63) is 180 Å². The van der Waals surface area contributed by atoms with Crippen LogP contribution in [0.3, 0.4) is 0 Å². The van der Waals surface area contributed by atoms with Gasteiger partial charge in [0.2, 0.25) is 0 Å². The zero-order valence-electron chi connectivity index (χ0n) is 25.1. The molecule has 1 N–H and O–H groups in total. The van der Waals surface area contributed by atoms with Crippen LogP contribution in [0, 0.1) is 0 Å². The minimum absolute atomic E-state index is 0.0189. The Labute approximate surface area is 267 Å². The number of hydrogen-bond acceptors (Lipinski definition) is 3. The molecule has 0 bridgehead atoms. The number of rotatable bonds is 4. The molecule has 0 spiro atoms. The van der Waals surface area contributed by atoms with Crippen molar-refractivity contribution >= 4 is 43.7 Å². The molecule has 46 heavy (non-hydrogen) atoms. The number of nitrogens with one attached hydrogen (secondary N) is 1. The van der Waals surface area contributed by atoms with E-state index in [9.17, 15) is 0 Å². The van der Waals surface area contributed by atoms with Crippen molar-refractivity contribution in [1.29, 1.82) is 0 Å². The van der Waals surface area contributed by atoms with Gasteiger partial charge in [-0.3, -0.25) is 0 Å². The summed E-state index contributed by atoms with van der Waals surface area (Å²) in [6, 6.07) is 55.6. The van der Waals surface area contributed by atoms with E-state index in [-0.39, 0.29) is 6.04 Å². The predicted octanol–water partition coefficient (Wildman–Crippen LogP) is 10.9. The fourth-order valence-corrected chi connectivity index (χ4v) is 6.90. The highest BCUT2D eigenvalue weighted by Gasteiger charge is 2.26. The van der Waals surface area contributed by atoms with E-state index in [2.05, 4.69) is 151 Å². The average molecular weight is 588 g/mol. The predicted molar refractivity (Wildman–Crippen MR) is 192 cm³/mol. The fraction of sp³-hybridized carbons (Fsp3) is 0.0233. The lowest BCUT2D eigenvalue weighted by atomic mass is 9.87. The largest absolute Gasteiger partial charge is 0.372 e. The molecule has 0 fully saturated rings. The zero-order valence-corrected chi connectivity index (χ0v) is 25.1. The van der Waals surface area contributed by atoms with Crippen molar-refractivity contribution < 1.29 is 0 Å². The molecule has 0 saturated heterocycles. The summed E-state index contributed by atoms with van der Waals surface area (Å²) in [6.45, 7) is 0. The summed E-state index contributed by atoms with van der Waals surface area (Å²) < 4.78 is 0. The Morgan fingerprint density at radius 2 is 1.11 bits per heavy atom. The molecule has 0 aliphatic carbocycles. The Kier molecular flexibility index (Phi) is 6.20. The van der Waals surface area contributed by atoms with Crippen LogP contribution in [0.1, 0.15) is 22.7 Å². The van der Waals surface area contributed by atoms with Crippen molar-refractivity contribution in [2.45, 2.75) is 6.04 Å². The van der Waals surface area contributed by atoms with Crippen molar-refractivity contribution in [3.63, 3.8) is 0 Å². The summed E-state index contributed by atoms with van der Waals surface area (Å²) in [5.41, 5.74) is 9.69. The van der Waals surface area contributed by atoms with Crippen LogP contribution in [0.25, 0.3) is 60.7 Å². The number of aromatic nitrogens is 2. The molecule has 1 atom stereocenters. The Bertz CT molecular complexity index is 2430. The Balaban J connectivity index is 1.37. The maximum atomic E-state index is 5.35. The molecule has 0 radical (unpaired) electrons. The van der Waals surface area contributed by atoms with Crippen LogP contribution in [0.5, 0.6) is 0 Å². The normalized spacial score (nSPS) is 14.2. The Hall–Kier alpha value is -6.06. The summed E-state index contributed by atoms with van der Waals surface area (Å²) in [5.74, 6) is 0.711. The first-order valence-electron chi connectivity index (χ1n) is 15.7. The first-order valence-corrected chi connectivity index (χ1v) is 15.7. The van der Waals surface area contributed by atoms with Gasteiger partial charge in [0.25, 0.3) is 0 Å². The van der Waals surface area contributed by atoms with Gasteiger partial charge in [-0.2, -0.15) is 0 Å². The van der Waals surface area contributed by atoms with E-state index in [0.29, 0.717) is 5.82 Å². The van der Waals surface area contributed by atoms with Crippen LogP contribution >= 0.6 is 0 Å². The molecule has 3 heteroatoms. The molecule has 9 rings (SSSR count). The van der Waals surface area contributed by atoms with Gasteiger partial charge in [-0.05, 0) is 56.5 Å². The van der Waals surface area contributed by atoms with Crippen LogP contribution in [0.2, 0.25) is 0 Å². The van der Waals surface area contributed by atoms with E-state index in [4.69, 9.17) is 9.97 Å². The summed E-state index contributed by atoms with van der Waals surface area (Å²) in [5, 5.41) is 9.77. The van der Waals surface area contributed by atoms with Gasteiger partial charge in [-0.25, -0.2) is 9.97 Å². The zero-order chi connectivity index (χ0) is 30.5. The molecular formula is C43H29N3. The van der Waals surface area contributed by atoms with E-state index in [1.165, 1.54) is 38.2 Å². The third-order valence-corrected chi connectivity index (χ3v) is 9.09. The van der Waals surface area contributed by atoms with Crippen LogP contribution in [-0.2, 0) is 0 Å². The maximum absolute atomic E-state index is 5.35. The highest BCUT2D eigenvalue weighted by Crippen LogP contribution is 2.45. The number of anilines is 1. The average Bonchev–Trinajstić information content (AvgIpc) is 3.14. The van der Waals surface area contributed by atoms with E-state index in [0.717, 1.165) is 39.0 Å². The molecule has 0 amide bonds. The number of benzene rings is 7. The fourth-order valence-electron chi connectivity index (χ4n) is 6.90. The molecule has 3 nitrogen and oxygen atoms in total. The van der Waals surface area contributed by atoms with Gasteiger partial charge in [0, 0.05) is 22.1 Å². The SMILES string of the molecule is C1=C(c2ccccc2)c2ccc3c(-c4cc5ccccc5c5ccccc45)nc(-c4ccccc4)nc3c2NC1c1ccccc1. The van der Waals surface area contributed by atoms with Crippen LogP contribution in [-0.4, -0.2) is 9.97 Å². The summed E-state index contributed by atoms with van der Waals surface area (Å²) in [4.78, 5) is 10.7. The van der Waals surface area contributed by atoms with Gasteiger partial charge < -0.3 is 5.32 Å². The first-order chi connectivity index (χ1) is 22.8. The second kappa shape index (κ2) is 10.8. The molecule has 0 saturated carbocycles. The minimum atomic E-state index is -0.0189. The number of hydrogen-bond donors (Lipinski definition) is 1. The third-order valence-electron chi connectivity index (χ3n) is 9.09. The lowest BCUT2D eigenvalue weighted by Gasteiger charge is -2.28. The van der Waals surface area contributed by atoms with Crippen molar-refractivity contribution in [2.24, 2.45) is 0 Å². The minimum Gasteiger partial charge on any atom is -0.372 e. The molecular weight excluding hydrogens is 558 g/mol. The van der Waals surface area contributed by atoms with Crippen molar-refractivity contribution in [1.82, 2.24) is 9.97 Å². The monoisotopic (exact) mass is 587 g/mol. The third kappa shape index (κ3) is 4.36. The molecule has 7 aromatic carbocycles. The summed E-state index contributed by atoms with van der Waals surface area (Å²) in [7, 11) is 0. The van der Waals surface area contributed by atoms with Gasteiger partial charge >= 0.3 is 0 Å². The highest BCUT2D eigenvalue weighted by atomic mass is 15.0. The molecule has 1 unspecified atom stereocenters. The van der Waals surface area contributed by atoms with E-state index < -0.39 is 0 Å². The number of fused-ring (bicyclic) bond motifs is 6. The molecule has 216 valence electrons. The van der Waals surface area contributed by atoms with Crippen LogP contribution in [0.4, 0.5) is 5.69 Å². The quantitative estimate of drug-likeness (QED) is 0.208. The summed E-state index contributed by atoms with van der Waals surface area (Å²) in [6.07, 6.45) is 2.34. The molecule has 8 aromatic rings. The second-order valence-electron chi connectivity index (χ2n) is 11.8. The van der Waals surface area contributed by atoms with Crippen LogP contribution < -0.4 is 5.32 Å². The van der Waals surface area contributed by atoms with Crippen molar-refractivity contribution in [2.75, 3.05) is 5.32 Å². The van der Waals surface area contributed by atoms with Gasteiger partial charge in [0.15, 0.2) is 5.82 Å². The van der Waals surface area contributed by atoms with Gasteiger partial charge in [-0.15, -0.1) is 0 Å². The lowest BCUT2D eigenvalue weighted by molar-refractivity contribution is 0.974. The van der Waals surface area contributed by atoms with Gasteiger partial charge in [0.1, 0.15) is 0 Å². The van der Waals surface area contributed by atoms with Gasteiger partial charge in [0.05, 0.1) is 22.9 Å². The summed E-state index contributed by atoms with van der Waals surface area (Å²) >= 11 is 0. The van der Waals surface area contributed by atoms with E-state index >= 15 is 0 Å². The molecule has 1 aromatic heterocycles. The standard InChI is InChI=1S/C43H29N3/c1-4-14-28(15-5-1)37-27-39(29-16-6-2-7-17-29)44-41-35(37)24-25-36-40(45-43(46-42(36)41)30-18-8-3-9-19-30)38-26-31-20-10-11-21-32(31)33-22-12-13-23-34(33)38/h1-27,39,44H. The Morgan fingerprint density at radius 1 is 0.478 bits per heavy atom. The maximum Gasteiger partial charge on any atom is 0.160 e. The first kappa shape index (κ1) is 26.4.